The molecule has 0 radical (unpaired) electrons. The van der Waals surface area contributed by atoms with E-state index < -0.39 is 0 Å². The highest BCUT2D eigenvalue weighted by molar-refractivity contribution is 7.10. The Kier molecular flexibility index (Phi) is 6.52. The number of aryl methyl sites for hydroxylation is 2. The van der Waals surface area contributed by atoms with E-state index in [1.165, 1.54) is 0 Å². The van der Waals surface area contributed by atoms with Crippen molar-refractivity contribution >= 4 is 17.2 Å². The first kappa shape index (κ1) is 24.5. The number of pyridine rings is 1. The molecule has 11 heteroatoms. The quantitative estimate of drug-likeness (QED) is 0.354. The zero-order valence-corrected chi connectivity index (χ0v) is 22.4. The van der Waals surface area contributed by atoms with E-state index in [4.69, 9.17) is 14.5 Å². The van der Waals surface area contributed by atoms with Gasteiger partial charge in [-0.15, -0.1) is 21.5 Å². The molecule has 3 atom stereocenters. The SMILES string of the molecule is COc1ccc(OC2C[C@H]3CC[C@@H](C2)N3C(=O)c2ccc(Cc3nc(-c4cc(C)nn4C)cs3)nc2)nn1. The van der Waals surface area contributed by atoms with Crippen LogP contribution < -0.4 is 9.47 Å². The molecule has 2 aliphatic rings. The number of ether oxygens (including phenoxy) is 2. The van der Waals surface area contributed by atoms with Crippen molar-refractivity contribution in [3.63, 3.8) is 0 Å². The fourth-order valence-electron chi connectivity index (χ4n) is 5.52. The van der Waals surface area contributed by atoms with Crippen LogP contribution in [-0.2, 0) is 13.5 Å². The van der Waals surface area contributed by atoms with Gasteiger partial charge in [-0.2, -0.15) is 5.10 Å². The molecule has 0 N–H and O–H groups in total. The molecule has 2 saturated heterocycles. The Morgan fingerprint density at radius 2 is 1.87 bits per heavy atom. The van der Waals surface area contributed by atoms with Gasteiger partial charge in [0.05, 0.1) is 34.8 Å². The number of carbonyl (C=O) groups is 1. The van der Waals surface area contributed by atoms with E-state index in [0.717, 1.165) is 53.5 Å². The van der Waals surface area contributed by atoms with E-state index in [0.29, 0.717) is 23.7 Å². The highest BCUT2D eigenvalue weighted by Crippen LogP contribution is 2.38. The van der Waals surface area contributed by atoms with Gasteiger partial charge in [0.2, 0.25) is 11.8 Å². The van der Waals surface area contributed by atoms with Crippen LogP contribution in [0.25, 0.3) is 11.4 Å². The van der Waals surface area contributed by atoms with E-state index in [1.807, 2.05) is 47.1 Å². The van der Waals surface area contributed by atoms with E-state index in [9.17, 15) is 4.79 Å². The van der Waals surface area contributed by atoms with Crippen molar-refractivity contribution < 1.29 is 14.3 Å². The summed E-state index contributed by atoms with van der Waals surface area (Å²) in [6.07, 6.45) is 5.87. The Bertz CT molecular complexity index is 1420. The summed E-state index contributed by atoms with van der Waals surface area (Å²) in [5, 5.41) is 15.5. The number of nitrogens with zero attached hydrogens (tertiary/aromatic N) is 7. The first-order valence-corrected chi connectivity index (χ1v) is 13.6. The zero-order chi connectivity index (χ0) is 26.2. The smallest absolute Gasteiger partial charge is 0.255 e. The van der Waals surface area contributed by atoms with E-state index in [-0.39, 0.29) is 24.1 Å². The van der Waals surface area contributed by atoms with E-state index in [2.05, 4.69) is 20.3 Å². The van der Waals surface area contributed by atoms with Crippen LogP contribution in [0.1, 0.15) is 52.4 Å². The number of piperidine rings is 1. The molecule has 4 aromatic rings. The normalized spacial score (nSPS) is 20.5. The van der Waals surface area contributed by atoms with Crippen molar-refractivity contribution in [3.8, 4) is 23.1 Å². The van der Waals surface area contributed by atoms with Crippen molar-refractivity contribution in [1.82, 2.24) is 34.8 Å². The molecule has 2 fully saturated rings. The number of hydrogen-bond donors (Lipinski definition) is 0. The van der Waals surface area contributed by atoms with Crippen LogP contribution in [0, 0.1) is 6.92 Å². The Labute approximate surface area is 224 Å². The average molecular weight is 532 g/mol. The molecule has 38 heavy (non-hydrogen) atoms. The fourth-order valence-corrected chi connectivity index (χ4v) is 6.33. The Balaban J connectivity index is 1.08. The van der Waals surface area contributed by atoms with Crippen molar-refractivity contribution in [1.29, 1.82) is 0 Å². The van der Waals surface area contributed by atoms with Gasteiger partial charge in [0.1, 0.15) is 6.10 Å². The van der Waals surface area contributed by atoms with Crippen LogP contribution >= 0.6 is 11.3 Å². The molecular weight excluding hydrogens is 502 g/mol. The Morgan fingerprint density at radius 1 is 1.11 bits per heavy atom. The molecule has 0 spiro atoms. The molecule has 0 aliphatic carbocycles. The number of fused-ring (bicyclic) bond motifs is 2. The van der Waals surface area contributed by atoms with Crippen LogP contribution in [0.4, 0.5) is 0 Å². The molecule has 6 heterocycles. The molecule has 2 bridgehead atoms. The summed E-state index contributed by atoms with van der Waals surface area (Å²) in [7, 11) is 3.48. The highest BCUT2D eigenvalue weighted by Gasteiger charge is 2.44. The summed E-state index contributed by atoms with van der Waals surface area (Å²) in [6, 6.07) is 9.67. The number of hydrogen-bond acceptors (Lipinski definition) is 9. The lowest BCUT2D eigenvalue weighted by Gasteiger charge is -2.38. The van der Waals surface area contributed by atoms with Gasteiger partial charge < -0.3 is 14.4 Å². The van der Waals surface area contributed by atoms with E-state index in [1.54, 1.807) is 36.8 Å². The molecule has 4 aromatic heterocycles. The fraction of sp³-hybridized carbons (Fsp3) is 0.407. The molecule has 1 amide bonds. The minimum absolute atomic E-state index is 0.0122. The van der Waals surface area contributed by atoms with E-state index >= 15 is 0 Å². The molecule has 196 valence electrons. The van der Waals surface area contributed by atoms with Gasteiger partial charge in [-0.1, -0.05) is 0 Å². The van der Waals surface area contributed by atoms with Crippen molar-refractivity contribution in [2.45, 2.75) is 57.2 Å². The predicted molar refractivity (Wildman–Crippen MR) is 141 cm³/mol. The van der Waals surface area contributed by atoms with Gasteiger partial charge in [-0.25, -0.2) is 4.98 Å². The minimum atomic E-state index is 0.0122. The first-order chi connectivity index (χ1) is 18.5. The maximum Gasteiger partial charge on any atom is 0.255 e. The van der Waals surface area contributed by atoms with Crippen LogP contribution in [-0.4, -0.2) is 66.1 Å². The lowest BCUT2D eigenvalue weighted by molar-refractivity contribution is 0.0344. The number of carbonyl (C=O) groups excluding carboxylic acids is 1. The van der Waals surface area contributed by atoms with Gasteiger partial charge in [-0.3, -0.25) is 14.5 Å². The lowest BCUT2D eigenvalue weighted by Crippen LogP contribution is -2.49. The number of aromatic nitrogens is 6. The van der Waals surface area contributed by atoms with Crippen molar-refractivity contribution in [2.75, 3.05) is 7.11 Å². The number of thiazole rings is 1. The van der Waals surface area contributed by atoms with Crippen LogP contribution in [0.2, 0.25) is 0 Å². The predicted octanol–water partition coefficient (Wildman–Crippen LogP) is 3.85. The van der Waals surface area contributed by atoms with Gasteiger partial charge >= 0.3 is 0 Å². The maximum atomic E-state index is 13.5. The van der Waals surface area contributed by atoms with Gasteiger partial charge in [0, 0.05) is 67.8 Å². The largest absolute Gasteiger partial charge is 0.480 e. The Morgan fingerprint density at radius 3 is 2.50 bits per heavy atom. The molecule has 0 saturated carbocycles. The van der Waals surface area contributed by atoms with Crippen molar-refractivity contribution in [2.24, 2.45) is 7.05 Å². The highest BCUT2D eigenvalue weighted by atomic mass is 32.1. The molecule has 6 rings (SSSR count). The number of amides is 1. The second-order valence-corrected chi connectivity index (χ2v) is 10.8. The summed E-state index contributed by atoms with van der Waals surface area (Å²) < 4.78 is 13.0. The van der Waals surface area contributed by atoms with Crippen LogP contribution in [0.5, 0.6) is 11.8 Å². The molecule has 10 nitrogen and oxygen atoms in total. The number of rotatable bonds is 7. The number of methoxy groups -OCH3 is 1. The molecule has 1 unspecified atom stereocenters. The molecule has 0 aromatic carbocycles. The summed E-state index contributed by atoms with van der Waals surface area (Å²) in [6.45, 7) is 1.97. The second kappa shape index (κ2) is 10.1. The second-order valence-electron chi connectivity index (χ2n) is 9.86. The third-order valence-corrected chi connectivity index (χ3v) is 8.11. The average Bonchev–Trinajstić information content (AvgIpc) is 3.59. The Hall–Kier alpha value is -3.86. The maximum absolute atomic E-state index is 13.5. The summed E-state index contributed by atoms with van der Waals surface area (Å²) in [5.41, 5.74) is 4.40. The molecular formula is C27H29N7O3S. The summed E-state index contributed by atoms with van der Waals surface area (Å²) in [5.74, 6) is 0.980. The monoisotopic (exact) mass is 531 g/mol. The third-order valence-electron chi connectivity index (χ3n) is 7.26. The minimum Gasteiger partial charge on any atom is -0.480 e. The van der Waals surface area contributed by atoms with Gasteiger partial charge in [-0.05, 0) is 38.0 Å². The topological polar surface area (TPSA) is 108 Å². The van der Waals surface area contributed by atoms with Crippen LogP contribution in [0.15, 0.2) is 41.9 Å². The van der Waals surface area contributed by atoms with Gasteiger partial charge in [0.15, 0.2) is 0 Å². The molecule has 2 aliphatic heterocycles. The summed E-state index contributed by atoms with van der Waals surface area (Å²) in [4.78, 5) is 24.9. The lowest BCUT2D eigenvalue weighted by atomic mass is 9.98. The van der Waals surface area contributed by atoms with Crippen molar-refractivity contribution in [3.05, 3.63) is 63.9 Å². The standard InChI is InChI=1S/C27H29N7O3S/c1-16-10-23(33(2)32-16)22-15-38-26(29-22)11-18-5-4-17(14-28-18)27(35)34-19-6-7-20(34)13-21(12-19)37-25-9-8-24(36-3)30-31-25/h4-5,8-10,14-15,19-21H,6-7,11-13H2,1-3H3/t19-,20+,21?. The van der Waals surface area contributed by atoms with Crippen LogP contribution in [0.3, 0.4) is 0 Å². The first-order valence-electron chi connectivity index (χ1n) is 12.7. The third kappa shape index (κ3) is 4.85. The zero-order valence-electron chi connectivity index (χ0n) is 21.6. The van der Waals surface area contributed by atoms with Gasteiger partial charge in [0.25, 0.3) is 5.91 Å². The summed E-state index contributed by atoms with van der Waals surface area (Å²) >= 11 is 1.61.